The van der Waals surface area contributed by atoms with Gasteiger partial charge < -0.3 is 10.1 Å². The minimum Gasteiger partial charge on any atom is -0.381 e. The maximum Gasteiger partial charge on any atom is 0.224 e. The van der Waals surface area contributed by atoms with Crippen molar-refractivity contribution in [1.82, 2.24) is 20.1 Å². The van der Waals surface area contributed by atoms with E-state index in [1.54, 1.807) is 11.3 Å². The summed E-state index contributed by atoms with van der Waals surface area (Å²) in [5, 5.41) is 14.2. The van der Waals surface area contributed by atoms with Gasteiger partial charge in [-0.25, -0.2) is 0 Å². The minimum absolute atomic E-state index is 0.0802. The predicted molar refractivity (Wildman–Crippen MR) is 139 cm³/mol. The number of nitrogens with one attached hydrogen (secondary N) is 1. The molecule has 9 heteroatoms. The zero-order chi connectivity index (χ0) is 24.7. The second kappa shape index (κ2) is 7.97. The predicted octanol–water partition coefficient (Wildman–Crippen LogP) is 4.53. The summed E-state index contributed by atoms with van der Waals surface area (Å²) in [7, 11) is 0. The summed E-state index contributed by atoms with van der Waals surface area (Å²) < 4.78 is 7.72. The van der Waals surface area contributed by atoms with Crippen molar-refractivity contribution in [3.05, 3.63) is 62.5 Å². The Morgan fingerprint density at radius 3 is 2.69 bits per heavy atom. The average molecular weight is 522 g/mol. The lowest BCUT2D eigenvalue weighted by Gasteiger charge is -2.35. The number of carbonyl (C=O) groups excluding carboxylic acids is 1. The molecule has 1 aromatic carbocycles. The van der Waals surface area contributed by atoms with E-state index in [1.807, 2.05) is 25.1 Å². The molecule has 2 aliphatic heterocycles. The molecular weight excluding hydrogens is 494 g/mol. The number of aliphatic imine (C=N–C) groups is 1. The van der Waals surface area contributed by atoms with E-state index in [-0.39, 0.29) is 22.9 Å². The van der Waals surface area contributed by atoms with E-state index in [9.17, 15) is 4.79 Å². The standard InChI is InChI=1S/C27H28ClN5O2S/c1-15-31-32-25-27(7-8-27)29-22(17-5-3-4-6-19(17)28)21-18-13-16(14-20(18)36-24(21)33(15)25)23(34)30-26(2)9-11-35-12-10-26/h3-6,16H,7-14H2,1-2H3,(H,30,34)/t16-/m0/s1. The van der Waals surface area contributed by atoms with Gasteiger partial charge in [0.05, 0.1) is 5.71 Å². The van der Waals surface area contributed by atoms with Crippen LogP contribution in [0.15, 0.2) is 29.3 Å². The topological polar surface area (TPSA) is 81.4 Å². The Morgan fingerprint density at radius 2 is 1.94 bits per heavy atom. The van der Waals surface area contributed by atoms with Crippen LogP contribution in [-0.2, 0) is 27.9 Å². The first-order valence-corrected chi connectivity index (χ1v) is 13.9. The van der Waals surface area contributed by atoms with Gasteiger partial charge in [0.25, 0.3) is 0 Å². The maximum atomic E-state index is 13.4. The number of aryl methyl sites for hydroxylation is 1. The highest BCUT2D eigenvalue weighted by atomic mass is 35.5. The molecule has 7 nitrogen and oxygen atoms in total. The fourth-order valence-corrected chi connectivity index (χ4v) is 7.57. The highest BCUT2D eigenvalue weighted by molar-refractivity contribution is 7.15. The van der Waals surface area contributed by atoms with Crippen molar-refractivity contribution in [3.63, 3.8) is 0 Å². The number of nitrogens with zero attached hydrogens (tertiary/aromatic N) is 4. The zero-order valence-corrected chi connectivity index (χ0v) is 22.0. The number of hydrogen-bond donors (Lipinski definition) is 1. The number of halogens is 1. The molecule has 1 amide bonds. The highest BCUT2D eigenvalue weighted by Gasteiger charge is 2.52. The summed E-state index contributed by atoms with van der Waals surface area (Å²) in [5.41, 5.74) is 3.64. The molecule has 186 valence electrons. The van der Waals surface area contributed by atoms with Crippen LogP contribution >= 0.6 is 22.9 Å². The Hall–Kier alpha value is -2.55. The number of benzene rings is 1. The molecule has 0 radical (unpaired) electrons. The zero-order valence-electron chi connectivity index (χ0n) is 20.4. The Morgan fingerprint density at radius 1 is 1.17 bits per heavy atom. The van der Waals surface area contributed by atoms with Gasteiger partial charge in [-0.3, -0.25) is 14.4 Å². The number of ether oxygens (including phenoxy) is 1. The molecule has 3 aromatic rings. The highest BCUT2D eigenvalue weighted by Crippen LogP contribution is 2.54. The third-order valence-corrected chi connectivity index (χ3v) is 9.78. The monoisotopic (exact) mass is 521 g/mol. The number of fused-ring (bicyclic) bond motifs is 6. The quantitative estimate of drug-likeness (QED) is 0.549. The first-order chi connectivity index (χ1) is 17.4. The third-order valence-electron chi connectivity index (χ3n) is 8.21. The Labute approximate surface area is 218 Å². The lowest BCUT2D eigenvalue weighted by molar-refractivity contribution is -0.127. The van der Waals surface area contributed by atoms with Gasteiger partial charge in [-0.2, -0.15) is 0 Å². The molecule has 1 atom stereocenters. The summed E-state index contributed by atoms with van der Waals surface area (Å²) in [4.78, 5) is 20.1. The fourth-order valence-electron chi connectivity index (χ4n) is 5.88. The Balaban J connectivity index is 1.32. The summed E-state index contributed by atoms with van der Waals surface area (Å²) in [6.07, 6.45) is 5.04. The largest absolute Gasteiger partial charge is 0.381 e. The van der Waals surface area contributed by atoms with E-state index in [2.05, 4.69) is 33.1 Å². The summed E-state index contributed by atoms with van der Waals surface area (Å²) >= 11 is 8.50. The van der Waals surface area contributed by atoms with Gasteiger partial charge in [-0.1, -0.05) is 29.8 Å². The van der Waals surface area contributed by atoms with Crippen LogP contribution in [0, 0.1) is 12.8 Å². The molecule has 0 unspecified atom stereocenters. The smallest absolute Gasteiger partial charge is 0.224 e. The number of thiophene rings is 1. The fraction of sp³-hybridized carbons (Fsp3) is 0.481. The van der Waals surface area contributed by atoms with Crippen molar-refractivity contribution < 1.29 is 9.53 Å². The third kappa shape index (κ3) is 3.41. The second-order valence-electron chi connectivity index (χ2n) is 10.8. The van der Waals surface area contributed by atoms with Crippen LogP contribution in [0.4, 0.5) is 0 Å². The van der Waals surface area contributed by atoms with Gasteiger partial charge in [0.15, 0.2) is 5.82 Å². The van der Waals surface area contributed by atoms with E-state index in [0.717, 1.165) is 65.6 Å². The van der Waals surface area contributed by atoms with E-state index in [1.165, 1.54) is 10.4 Å². The summed E-state index contributed by atoms with van der Waals surface area (Å²) in [6.45, 7) is 5.54. The van der Waals surface area contributed by atoms with Gasteiger partial charge in [0.2, 0.25) is 5.91 Å². The van der Waals surface area contributed by atoms with Crippen molar-refractivity contribution in [2.24, 2.45) is 10.9 Å². The van der Waals surface area contributed by atoms with E-state index < -0.39 is 0 Å². The van der Waals surface area contributed by atoms with Gasteiger partial charge >= 0.3 is 0 Å². The van der Waals surface area contributed by atoms with Crippen LogP contribution in [0.3, 0.4) is 0 Å². The molecule has 4 aliphatic rings. The van der Waals surface area contributed by atoms with E-state index in [0.29, 0.717) is 24.7 Å². The molecule has 1 saturated heterocycles. The van der Waals surface area contributed by atoms with Crippen LogP contribution in [0.1, 0.15) is 65.8 Å². The molecular formula is C27H28ClN5O2S. The van der Waals surface area contributed by atoms with E-state index in [4.69, 9.17) is 21.3 Å². The van der Waals surface area contributed by atoms with Crippen LogP contribution in [0.5, 0.6) is 0 Å². The molecule has 4 heterocycles. The number of aromatic nitrogens is 3. The Kier molecular flexibility index (Phi) is 5.01. The first kappa shape index (κ1) is 22.6. The van der Waals surface area contributed by atoms with Gasteiger partial charge in [-0.15, -0.1) is 21.5 Å². The second-order valence-corrected chi connectivity index (χ2v) is 12.3. The van der Waals surface area contributed by atoms with Crippen molar-refractivity contribution >= 4 is 34.6 Å². The first-order valence-electron chi connectivity index (χ1n) is 12.7. The lowest BCUT2D eigenvalue weighted by atomic mass is 9.91. The van der Waals surface area contributed by atoms with Crippen molar-refractivity contribution in [3.8, 4) is 5.00 Å². The van der Waals surface area contributed by atoms with Crippen molar-refractivity contribution in [2.75, 3.05) is 13.2 Å². The SMILES string of the molecule is Cc1nnc2n1-c1sc3c(c1C(c1ccccc1Cl)=NC21CC1)C[C@H](C(=O)NC1(C)CCOCC1)C3. The van der Waals surface area contributed by atoms with Gasteiger partial charge in [0.1, 0.15) is 16.4 Å². The summed E-state index contributed by atoms with van der Waals surface area (Å²) in [6, 6.07) is 7.93. The lowest BCUT2D eigenvalue weighted by Crippen LogP contribution is -2.51. The van der Waals surface area contributed by atoms with Crippen LogP contribution in [0.2, 0.25) is 5.02 Å². The molecule has 7 rings (SSSR count). The molecule has 0 bridgehead atoms. The number of hydrogen-bond acceptors (Lipinski definition) is 6. The molecule has 2 aliphatic carbocycles. The molecule has 1 N–H and O–H groups in total. The van der Waals surface area contributed by atoms with Crippen molar-refractivity contribution in [1.29, 1.82) is 0 Å². The van der Waals surface area contributed by atoms with Crippen LogP contribution in [0.25, 0.3) is 5.00 Å². The van der Waals surface area contributed by atoms with Crippen LogP contribution in [-0.4, -0.2) is 45.1 Å². The molecule has 1 spiro atoms. The number of carbonyl (C=O) groups is 1. The number of rotatable bonds is 3. The number of amides is 1. The van der Waals surface area contributed by atoms with Crippen molar-refractivity contribution in [2.45, 2.75) is 63.5 Å². The maximum absolute atomic E-state index is 13.4. The molecule has 36 heavy (non-hydrogen) atoms. The van der Waals surface area contributed by atoms with E-state index >= 15 is 0 Å². The minimum atomic E-state index is -0.353. The molecule has 2 aromatic heterocycles. The van der Waals surface area contributed by atoms with Crippen LogP contribution < -0.4 is 5.32 Å². The normalized spacial score (nSPS) is 22.9. The average Bonchev–Trinajstić information content (AvgIpc) is 3.19. The van der Waals surface area contributed by atoms with Gasteiger partial charge in [-0.05, 0) is 64.0 Å². The Bertz CT molecular complexity index is 1430. The summed E-state index contributed by atoms with van der Waals surface area (Å²) in [5.74, 6) is 1.85. The molecule has 1 saturated carbocycles. The van der Waals surface area contributed by atoms with Gasteiger partial charge in [0, 0.05) is 45.7 Å². The molecule has 2 fully saturated rings.